The van der Waals surface area contributed by atoms with Crippen LogP contribution in [-0.4, -0.2) is 12.8 Å². The molecule has 2 nitrogen and oxygen atoms in total. The van der Waals surface area contributed by atoms with Crippen LogP contribution in [0.3, 0.4) is 0 Å². The molecule has 20 heavy (non-hydrogen) atoms. The van der Waals surface area contributed by atoms with Gasteiger partial charge in [-0.25, -0.2) is 0 Å². The Balaban J connectivity index is 2.90. The van der Waals surface area contributed by atoms with Gasteiger partial charge in [-0.3, -0.25) is 0 Å². The zero-order chi connectivity index (χ0) is 14.7. The fourth-order valence-corrected chi connectivity index (χ4v) is 2.67. The van der Waals surface area contributed by atoms with E-state index in [-0.39, 0.29) is 0 Å². The van der Waals surface area contributed by atoms with Crippen LogP contribution in [0.2, 0.25) is 0 Å². The molecule has 0 unspecified atom stereocenters. The SMILES string of the molecule is NCCCCCCCCCCCCCCCCCC=O. The lowest BCUT2D eigenvalue weighted by Crippen LogP contribution is -1.97. The maximum atomic E-state index is 10.1. The van der Waals surface area contributed by atoms with Gasteiger partial charge in [0, 0.05) is 6.42 Å². The largest absolute Gasteiger partial charge is 0.330 e. The smallest absolute Gasteiger partial charge is 0.119 e. The predicted molar refractivity (Wildman–Crippen MR) is 89.0 cm³/mol. The third kappa shape index (κ3) is 17.6. The molecule has 0 saturated heterocycles. The fraction of sp³-hybridized carbons (Fsp3) is 0.944. The maximum Gasteiger partial charge on any atom is 0.119 e. The minimum atomic E-state index is 0.756. The second-order valence-corrected chi connectivity index (χ2v) is 6.05. The van der Waals surface area contributed by atoms with Crippen molar-refractivity contribution in [3.8, 4) is 0 Å². The van der Waals surface area contributed by atoms with Gasteiger partial charge < -0.3 is 10.5 Å². The summed E-state index contributed by atoms with van der Waals surface area (Å²) >= 11 is 0. The Bertz CT molecular complexity index is 182. The maximum absolute atomic E-state index is 10.1. The number of nitrogens with two attached hydrogens (primary N) is 1. The molecule has 0 saturated carbocycles. The molecule has 0 heterocycles. The van der Waals surface area contributed by atoms with E-state index in [2.05, 4.69) is 0 Å². The summed E-state index contributed by atoms with van der Waals surface area (Å²) in [7, 11) is 0. The summed E-state index contributed by atoms with van der Waals surface area (Å²) in [5.41, 5.74) is 5.48. The number of hydrogen-bond acceptors (Lipinski definition) is 2. The summed E-state index contributed by atoms with van der Waals surface area (Å²) in [5.74, 6) is 0. The normalized spacial score (nSPS) is 10.8. The minimum Gasteiger partial charge on any atom is -0.330 e. The number of aldehydes is 1. The molecule has 0 aromatic carbocycles. The average molecular weight is 283 g/mol. The van der Waals surface area contributed by atoms with E-state index in [1.165, 1.54) is 89.9 Å². The molecule has 0 rings (SSSR count). The van der Waals surface area contributed by atoms with Crippen LogP contribution in [0.25, 0.3) is 0 Å². The summed E-state index contributed by atoms with van der Waals surface area (Å²) < 4.78 is 0. The topological polar surface area (TPSA) is 43.1 Å². The van der Waals surface area contributed by atoms with Gasteiger partial charge in [0.1, 0.15) is 6.29 Å². The van der Waals surface area contributed by atoms with E-state index in [1.807, 2.05) is 0 Å². The third-order valence-corrected chi connectivity index (χ3v) is 4.03. The van der Waals surface area contributed by atoms with E-state index >= 15 is 0 Å². The number of unbranched alkanes of at least 4 members (excludes halogenated alkanes) is 15. The van der Waals surface area contributed by atoms with Gasteiger partial charge in [0.25, 0.3) is 0 Å². The van der Waals surface area contributed by atoms with Crippen LogP contribution in [0.15, 0.2) is 0 Å². The van der Waals surface area contributed by atoms with Gasteiger partial charge in [0.2, 0.25) is 0 Å². The zero-order valence-electron chi connectivity index (χ0n) is 13.6. The molecule has 0 spiro atoms. The Labute approximate surface area is 126 Å². The molecule has 120 valence electrons. The summed E-state index contributed by atoms with van der Waals surface area (Å²) in [4.78, 5) is 10.1. The average Bonchev–Trinajstić information content (AvgIpc) is 2.47. The summed E-state index contributed by atoms with van der Waals surface area (Å²) in [5, 5.41) is 0. The molecule has 0 amide bonds. The van der Waals surface area contributed by atoms with Crippen molar-refractivity contribution < 1.29 is 4.79 Å². The summed E-state index contributed by atoms with van der Waals surface area (Å²) in [6, 6.07) is 0. The molecule has 2 N–H and O–H groups in total. The van der Waals surface area contributed by atoms with Crippen molar-refractivity contribution in [3.05, 3.63) is 0 Å². The fourth-order valence-electron chi connectivity index (χ4n) is 2.67. The molecule has 0 aromatic rings. The highest BCUT2D eigenvalue weighted by molar-refractivity contribution is 5.48. The Hall–Kier alpha value is -0.370. The van der Waals surface area contributed by atoms with Gasteiger partial charge in [-0.2, -0.15) is 0 Å². The first kappa shape index (κ1) is 19.6. The molecular weight excluding hydrogens is 246 g/mol. The van der Waals surface area contributed by atoms with Crippen molar-refractivity contribution in [3.63, 3.8) is 0 Å². The predicted octanol–water partition coefficient (Wildman–Crippen LogP) is 5.39. The highest BCUT2D eigenvalue weighted by Gasteiger charge is 1.94. The van der Waals surface area contributed by atoms with Gasteiger partial charge in [-0.05, 0) is 19.4 Å². The lowest BCUT2D eigenvalue weighted by molar-refractivity contribution is -0.107. The van der Waals surface area contributed by atoms with Gasteiger partial charge in [-0.15, -0.1) is 0 Å². The number of hydrogen-bond donors (Lipinski definition) is 1. The molecule has 0 aliphatic rings. The second-order valence-electron chi connectivity index (χ2n) is 6.05. The van der Waals surface area contributed by atoms with Crippen molar-refractivity contribution in [1.29, 1.82) is 0 Å². The van der Waals surface area contributed by atoms with Crippen LogP contribution in [0, 0.1) is 0 Å². The molecule has 2 heteroatoms. The quantitative estimate of drug-likeness (QED) is 0.287. The van der Waals surface area contributed by atoms with Crippen LogP contribution in [-0.2, 0) is 4.79 Å². The van der Waals surface area contributed by atoms with Crippen molar-refractivity contribution in [1.82, 2.24) is 0 Å². The number of carbonyl (C=O) groups is 1. The van der Waals surface area contributed by atoms with Crippen LogP contribution in [0.1, 0.15) is 103 Å². The molecule has 0 aliphatic heterocycles. The first-order valence-electron chi connectivity index (χ1n) is 9.05. The van der Waals surface area contributed by atoms with Crippen molar-refractivity contribution in [2.45, 2.75) is 103 Å². The first-order valence-corrected chi connectivity index (χ1v) is 9.05. The Morgan fingerprint density at radius 3 is 1.10 bits per heavy atom. The molecule has 0 fully saturated rings. The van der Waals surface area contributed by atoms with E-state index < -0.39 is 0 Å². The molecule has 0 aromatic heterocycles. The molecule has 0 bridgehead atoms. The van der Waals surface area contributed by atoms with E-state index in [4.69, 9.17) is 5.73 Å². The monoisotopic (exact) mass is 283 g/mol. The van der Waals surface area contributed by atoms with Gasteiger partial charge in [-0.1, -0.05) is 83.5 Å². The highest BCUT2D eigenvalue weighted by atomic mass is 16.1. The summed E-state index contributed by atoms with van der Waals surface area (Å²) in [6.45, 7) is 0.858. The molecule has 0 aliphatic carbocycles. The van der Waals surface area contributed by atoms with Crippen molar-refractivity contribution in [2.24, 2.45) is 5.73 Å². The van der Waals surface area contributed by atoms with Crippen LogP contribution >= 0.6 is 0 Å². The Kier molecular flexibility index (Phi) is 18.3. The second kappa shape index (κ2) is 18.6. The van der Waals surface area contributed by atoms with E-state index in [9.17, 15) is 4.79 Å². The summed E-state index contributed by atoms with van der Waals surface area (Å²) in [6.07, 6.45) is 22.0. The van der Waals surface area contributed by atoms with E-state index in [1.54, 1.807) is 0 Å². The third-order valence-electron chi connectivity index (χ3n) is 4.03. The van der Waals surface area contributed by atoms with Gasteiger partial charge in [0.15, 0.2) is 0 Å². The van der Waals surface area contributed by atoms with Gasteiger partial charge >= 0.3 is 0 Å². The minimum absolute atomic E-state index is 0.756. The number of carbonyl (C=O) groups excluding carboxylic acids is 1. The molecule has 0 radical (unpaired) electrons. The van der Waals surface area contributed by atoms with E-state index in [0.29, 0.717) is 0 Å². The Morgan fingerprint density at radius 1 is 0.500 bits per heavy atom. The standard InChI is InChI=1S/C18H37NO/c19-17-15-13-11-9-7-5-3-1-2-4-6-8-10-12-14-16-18-20/h18H,1-17,19H2. The highest BCUT2D eigenvalue weighted by Crippen LogP contribution is 2.13. The van der Waals surface area contributed by atoms with Crippen LogP contribution < -0.4 is 5.73 Å². The van der Waals surface area contributed by atoms with Crippen LogP contribution in [0.5, 0.6) is 0 Å². The number of rotatable bonds is 17. The Morgan fingerprint density at radius 2 is 0.800 bits per heavy atom. The van der Waals surface area contributed by atoms with E-state index in [0.717, 1.165) is 25.7 Å². The van der Waals surface area contributed by atoms with Crippen LogP contribution in [0.4, 0.5) is 0 Å². The lowest BCUT2D eigenvalue weighted by Gasteiger charge is -2.03. The first-order chi connectivity index (χ1) is 9.91. The molecular formula is C18H37NO. The zero-order valence-corrected chi connectivity index (χ0v) is 13.6. The molecule has 0 atom stereocenters. The van der Waals surface area contributed by atoms with Gasteiger partial charge in [0.05, 0.1) is 0 Å². The lowest BCUT2D eigenvalue weighted by atomic mass is 10.0. The van der Waals surface area contributed by atoms with Crippen molar-refractivity contribution in [2.75, 3.05) is 6.54 Å². The van der Waals surface area contributed by atoms with Crippen molar-refractivity contribution >= 4 is 6.29 Å².